The Labute approximate surface area is 109 Å². The molecule has 0 amide bonds. The Kier molecular flexibility index (Phi) is 6.10. The van der Waals surface area contributed by atoms with E-state index < -0.39 is 0 Å². The number of nitrogens with zero attached hydrogens (tertiary/aromatic N) is 2. The highest BCUT2D eigenvalue weighted by Crippen LogP contribution is 2.21. The normalized spacial score (nSPS) is 10.5. The van der Waals surface area contributed by atoms with Crippen LogP contribution in [0.1, 0.15) is 38.1 Å². The smallest absolute Gasteiger partial charge is 0.0863 e. The van der Waals surface area contributed by atoms with Crippen molar-refractivity contribution in [1.82, 2.24) is 15.1 Å². The van der Waals surface area contributed by atoms with E-state index in [9.17, 15) is 0 Å². The highest BCUT2D eigenvalue weighted by molar-refractivity contribution is 6.31. The summed E-state index contributed by atoms with van der Waals surface area (Å²) in [7, 11) is 0. The fourth-order valence-corrected chi connectivity index (χ4v) is 2.04. The lowest BCUT2D eigenvalue weighted by molar-refractivity contribution is 0.572. The van der Waals surface area contributed by atoms with Gasteiger partial charge < -0.3 is 5.32 Å². The Morgan fingerprint density at radius 3 is 2.82 bits per heavy atom. The Bertz CT molecular complexity index is 390. The molecule has 0 aromatic carbocycles. The minimum atomic E-state index is 0.754. The van der Waals surface area contributed by atoms with Crippen LogP contribution in [0.5, 0.6) is 0 Å². The van der Waals surface area contributed by atoms with Crippen LogP contribution in [-0.4, -0.2) is 16.3 Å². The number of halogens is 1. The first-order valence-corrected chi connectivity index (χ1v) is 6.50. The van der Waals surface area contributed by atoms with E-state index in [2.05, 4.69) is 30.2 Å². The van der Waals surface area contributed by atoms with E-state index in [1.165, 1.54) is 0 Å². The maximum absolute atomic E-state index is 6.29. The van der Waals surface area contributed by atoms with Gasteiger partial charge in [0.05, 0.1) is 16.4 Å². The topological polar surface area (TPSA) is 29.9 Å². The SMILES string of the molecule is C#CCCCNCc1c(Cl)c(CC)nn1CC. The molecule has 4 heteroatoms. The standard InChI is InChI=1S/C13H20ClN3/c1-4-7-8-9-15-10-12-13(14)11(5-2)16-17(12)6-3/h1,15H,5-10H2,2-3H3. The molecule has 0 saturated carbocycles. The molecule has 0 radical (unpaired) electrons. The molecule has 0 atom stereocenters. The summed E-state index contributed by atoms with van der Waals surface area (Å²) < 4.78 is 1.97. The van der Waals surface area contributed by atoms with Crippen LogP contribution >= 0.6 is 11.6 Å². The maximum Gasteiger partial charge on any atom is 0.0863 e. The van der Waals surface area contributed by atoms with Crippen molar-refractivity contribution in [2.75, 3.05) is 6.54 Å². The molecular weight excluding hydrogens is 234 g/mol. The molecule has 1 aromatic heterocycles. The molecule has 3 nitrogen and oxygen atoms in total. The molecule has 0 saturated heterocycles. The molecule has 0 bridgehead atoms. The van der Waals surface area contributed by atoms with Gasteiger partial charge in [0.1, 0.15) is 0 Å². The van der Waals surface area contributed by atoms with Crippen molar-refractivity contribution in [3.8, 4) is 12.3 Å². The van der Waals surface area contributed by atoms with E-state index in [0.29, 0.717) is 0 Å². The van der Waals surface area contributed by atoms with E-state index in [4.69, 9.17) is 18.0 Å². The van der Waals surface area contributed by atoms with Crippen LogP contribution in [0.15, 0.2) is 0 Å². The molecule has 1 aromatic rings. The predicted molar refractivity (Wildman–Crippen MR) is 72.1 cm³/mol. The number of nitrogens with one attached hydrogen (secondary N) is 1. The number of terminal acetylenes is 1. The van der Waals surface area contributed by atoms with Crippen molar-refractivity contribution in [2.45, 2.75) is 46.2 Å². The summed E-state index contributed by atoms with van der Waals surface area (Å²) >= 11 is 6.29. The fraction of sp³-hybridized carbons (Fsp3) is 0.615. The summed E-state index contributed by atoms with van der Waals surface area (Å²) in [6, 6.07) is 0. The minimum Gasteiger partial charge on any atom is -0.311 e. The Hall–Kier alpha value is -0.980. The minimum absolute atomic E-state index is 0.754. The number of hydrogen-bond donors (Lipinski definition) is 1. The van der Waals surface area contributed by atoms with Crippen molar-refractivity contribution in [1.29, 1.82) is 0 Å². The van der Waals surface area contributed by atoms with Gasteiger partial charge in [0, 0.05) is 19.5 Å². The quantitative estimate of drug-likeness (QED) is 0.598. The molecule has 0 unspecified atom stereocenters. The van der Waals surface area contributed by atoms with Crippen molar-refractivity contribution >= 4 is 11.6 Å². The van der Waals surface area contributed by atoms with E-state index in [1.54, 1.807) is 0 Å². The van der Waals surface area contributed by atoms with Gasteiger partial charge in [0.25, 0.3) is 0 Å². The van der Waals surface area contributed by atoms with Gasteiger partial charge in [0.2, 0.25) is 0 Å². The zero-order valence-electron chi connectivity index (χ0n) is 10.6. The molecule has 1 N–H and O–H groups in total. The summed E-state index contributed by atoms with van der Waals surface area (Å²) in [5.41, 5.74) is 2.06. The predicted octanol–water partition coefficient (Wildman–Crippen LogP) is 2.62. The summed E-state index contributed by atoms with van der Waals surface area (Å²) in [6.07, 6.45) is 7.88. The Balaban J connectivity index is 2.57. The Morgan fingerprint density at radius 2 is 2.24 bits per heavy atom. The van der Waals surface area contributed by atoms with Crippen molar-refractivity contribution in [2.24, 2.45) is 0 Å². The maximum atomic E-state index is 6.29. The first kappa shape index (κ1) is 14.1. The molecule has 0 aliphatic heterocycles. The van der Waals surface area contributed by atoms with Crippen LogP contribution in [-0.2, 0) is 19.5 Å². The second-order valence-electron chi connectivity index (χ2n) is 3.86. The van der Waals surface area contributed by atoms with Crippen LogP contribution in [0, 0.1) is 12.3 Å². The van der Waals surface area contributed by atoms with E-state index in [1.807, 2.05) is 4.68 Å². The summed E-state index contributed by atoms with van der Waals surface area (Å²) in [5.74, 6) is 2.63. The van der Waals surface area contributed by atoms with Gasteiger partial charge in [-0.25, -0.2) is 0 Å². The monoisotopic (exact) mass is 253 g/mol. The van der Waals surface area contributed by atoms with Crippen LogP contribution < -0.4 is 5.32 Å². The van der Waals surface area contributed by atoms with E-state index in [-0.39, 0.29) is 0 Å². The molecule has 0 spiro atoms. The number of aryl methyl sites for hydroxylation is 2. The number of hydrogen-bond acceptors (Lipinski definition) is 2. The molecule has 0 aliphatic carbocycles. The van der Waals surface area contributed by atoms with Crippen molar-refractivity contribution < 1.29 is 0 Å². The highest BCUT2D eigenvalue weighted by Gasteiger charge is 2.13. The second kappa shape index (κ2) is 7.37. The van der Waals surface area contributed by atoms with E-state index >= 15 is 0 Å². The molecule has 0 aliphatic rings. The zero-order valence-corrected chi connectivity index (χ0v) is 11.3. The average Bonchev–Trinajstić information content (AvgIpc) is 2.65. The van der Waals surface area contributed by atoms with Crippen LogP contribution in [0.4, 0.5) is 0 Å². The molecule has 1 heterocycles. The number of rotatable bonds is 7. The largest absolute Gasteiger partial charge is 0.311 e. The lowest BCUT2D eigenvalue weighted by atomic mass is 10.3. The highest BCUT2D eigenvalue weighted by atomic mass is 35.5. The molecule has 0 fully saturated rings. The van der Waals surface area contributed by atoms with Gasteiger partial charge in [-0.15, -0.1) is 12.3 Å². The third-order valence-corrected chi connectivity index (χ3v) is 3.10. The molecule has 1 rings (SSSR count). The van der Waals surface area contributed by atoms with Gasteiger partial charge in [-0.2, -0.15) is 5.10 Å². The zero-order chi connectivity index (χ0) is 12.7. The summed E-state index contributed by atoms with van der Waals surface area (Å²) in [5, 5.41) is 8.63. The average molecular weight is 254 g/mol. The third kappa shape index (κ3) is 3.76. The second-order valence-corrected chi connectivity index (χ2v) is 4.24. The Morgan fingerprint density at radius 1 is 1.47 bits per heavy atom. The first-order valence-electron chi connectivity index (χ1n) is 6.12. The van der Waals surface area contributed by atoms with E-state index in [0.717, 1.165) is 55.3 Å². The van der Waals surface area contributed by atoms with Gasteiger partial charge in [-0.1, -0.05) is 18.5 Å². The lowest BCUT2D eigenvalue weighted by Gasteiger charge is -2.06. The van der Waals surface area contributed by atoms with Gasteiger partial charge in [-0.05, 0) is 26.3 Å². The summed E-state index contributed by atoms with van der Waals surface area (Å²) in [4.78, 5) is 0. The van der Waals surface area contributed by atoms with Crippen LogP contribution in [0.25, 0.3) is 0 Å². The van der Waals surface area contributed by atoms with Crippen LogP contribution in [0.3, 0.4) is 0 Å². The van der Waals surface area contributed by atoms with Gasteiger partial charge in [-0.3, -0.25) is 4.68 Å². The third-order valence-electron chi connectivity index (χ3n) is 2.66. The molecular formula is C13H20ClN3. The molecule has 94 valence electrons. The number of aromatic nitrogens is 2. The van der Waals surface area contributed by atoms with Gasteiger partial charge >= 0.3 is 0 Å². The molecule has 17 heavy (non-hydrogen) atoms. The van der Waals surface area contributed by atoms with Crippen LogP contribution in [0.2, 0.25) is 5.02 Å². The number of unbranched alkanes of at least 4 members (excludes halogenated alkanes) is 1. The van der Waals surface area contributed by atoms with Gasteiger partial charge in [0.15, 0.2) is 0 Å². The lowest BCUT2D eigenvalue weighted by Crippen LogP contribution is -2.17. The first-order chi connectivity index (χ1) is 8.24. The fourth-order valence-electron chi connectivity index (χ4n) is 1.71. The summed E-state index contributed by atoms with van der Waals surface area (Å²) in [6.45, 7) is 6.66. The van der Waals surface area contributed by atoms with Crippen molar-refractivity contribution in [3.63, 3.8) is 0 Å². The van der Waals surface area contributed by atoms with Crippen molar-refractivity contribution in [3.05, 3.63) is 16.4 Å².